The fraction of sp³-hybridized carbons (Fsp3) is 0.118. The molecule has 2 atom stereocenters. The van der Waals surface area contributed by atoms with Gasteiger partial charge < -0.3 is 14.5 Å². The van der Waals surface area contributed by atoms with E-state index in [-0.39, 0.29) is 12.3 Å². The highest BCUT2D eigenvalue weighted by atomic mass is 16.5. The van der Waals surface area contributed by atoms with Gasteiger partial charge in [-0.15, -0.1) is 0 Å². The van der Waals surface area contributed by atoms with Crippen molar-refractivity contribution in [3.05, 3.63) is 126 Å². The van der Waals surface area contributed by atoms with Gasteiger partial charge in [-0.1, -0.05) is 78.9 Å². The van der Waals surface area contributed by atoms with E-state index >= 15 is 0 Å². The SMILES string of the molecule is CC12Oc3ccccc3C1(C)N1c3ccccc3B3c4ccccc4N(c4ccccc4)c4ccc2c1c43. The summed E-state index contributed by atoms with van der Waals surface area (Å²) in [5.74, 6) is 0.983. The van der Waals surface area contributed by atoms with Crippen LogP contribution in [0.15, 0.2) is 115 Å². The van der Waals surface area contributed by atoms with Crippen molar-refractivity contribution in [3.63, 3.8) is 0 Å². The van der Waals surface area contributed by atoms with Crippen molar-refractivity contribution in [1.82, 2.24) is 0 Å². The molecule has 0 bridgehead atoms. The Morgan fingerprint density at radius 1 is 0.605 bits per heavy atom. The number of nitrogens with zero attached hydrogens (tertiary/aromatic N) is 2. The van der Waals surface area contributed by atoms with Crippen LogP contribution in [0.5, 0.6) is 5.75 Å². The minimum absolute atomic E-state index is 0.157. The number of ether oxygens (including phenoxy) is 1. The van der Waals surface area contributed by atoms with E-state index in [0.717, 1.165) is 5.75 Å². The van der Waals surface area contributed by atoms with Crippen molar-refractivity contribution in [2.45, 2.75) is 25.0 Å². The first-order valence-electron chi connectivity index (χ1n) is 13.4. The summed E-state index contributed by atoms with van der Waals surface area (Å²) in [4.78, 5) is 5.05. The summed E-state index contributed by atoms with van der Waals surface area (Å²) in [6.07, 6.45) is 0. The summed E-state index contributed by atoms with van der Waals surface area (Å²) in [5, 5.41) is 0. The smallest absolute Gasteiger partial charge is 0.252 e. The highest BCUT2D eigenvalue weighted by Gasteiger charge is 2.67. The standard InChI is InChI=1S/C34H25BN2O/c1-33-23-14-6-11-19-30(23)38-34(33,2)24-20-21-29-31-32(24)37(33)28-18-10-8-16-26(28)35(31)25-15-7-9-17-27(25)36(29)22-12-4-3-5-13-22/h3-21H,1-2H3. The molecule has 0 fully saturated rings. The van der Waals surface area contributed by atoms with Gasteiger partial charge in [0, 0.05) is 39.6 Å². The van der Waals surface area contributed by atoms with Crippen LogP contribution >= 0.6 is 0 Å². The zero-order valence-corrected chi connectivity index (χ0v) is 21.3. The minimum Gasteiger partial charge on any atom is -0.480 e. The fourth-order valence-corrected chi connectivity index (χ4v) is 7.81. The number of rotatable bonds is 1. The molecular formula is C34H25BN2O. The molecule has 0 radical (unpaired) electrons. The van der Waals surface area contributed by atoms with E-state index in [9.17, 15) is 0 Å². The summed E-state index contributed by atoms with van der Waals surface area (Å²) in [6.45, 7) is 4.81. The second kappa shape index (κ2) is 6.70. The van der Waals surface area contributed by atoms with Gasteiger partial charge in [0.25, 0.3) is 6.71 Å². The molecule has 0 aromatic heterocycles. The molecule has 0 amide bonds. The normalized spacial score (nSPS) is 22.7. The molecular weight excluding hydrogens is 463 g/mol. The third-order valence-electron chi connectivity index (χ3n) is 9.55. The highest BCUT2D eigenvalue weighted by molar-refractivity contribution is 7.00. The molecule has 0 spiro atoms. The first-order valence-corrected chi connectivity index (χ1v) is 13.4. The lowest BCUT2D eigenvalue weighted by atomic mass is 9.33. The summed E-state index contributed by atoms with van der Waals surface area (Å²) < 4.78 is 6.93. The van der Waals surface area contributed by atoms with Gasteiger partial charge in [0.05, 0.1) is 0 Å². The van der Waals surface area contributed by atoms with Crippen molar-refractivity contribution in [2.24, 2.45) is 0 Å². The number of hydrogen-bond acceptors (Lipinski definition) is 3. The Kier molecular flexibility index (Phi) is 3.64. The predicted octanol–water partition coefficient (Wildman–Crippen LogP) is 5.97. The zero-order valence-electron chi connectivity index (χ0n) is 21.3. The number of benzene rings is 5. The maximum absolute atomic E-state index is 6.93. The van der Waals surface area contributed by atoms with E-state index in [1.807, 2.05) is 0 Å². The lowest BCUT2D eigenvalue weighted by molar-refractivity contribution is 0.0556. The number of para-hydroxylation sites is 4. The first kappa shape index (κ1) is 20.6. The molecule has 9 rings (SSSR count). The lowest BCUT2D eigenvalue weighted by Gasteiger charge is -2.47. The van der Waals surface area contributed by atoms with Crippen molar-refractivity contribution in [1.29, 1.82) is 0 Å². The molecule has 38 heavy (non-hydrogen) atoms. The van der Waals surface area contributed by atoms with Gasteiger partial charge in [0.1, 0.15) is 11.3 Å². The molecule has 3 nitrogen and oxygen atoms in total. The monoisotopic (exact) mass is 488 g/mol. The largest absolute Gasteiger partial charge is 0.480 e. The van der Waals surface area contributed by atoms with E-state index in [0.29, 0.717) is 0 Å². The molecule has 4 aliphatic rings. The molecule has 0 N–H and O–H groups in total. The van der Waals surface area contributed by atoms with Gasteiger partial charge in [-0.2, -0.15) is 0 Å². The lowest BCUT2D eigenvalue weighted by Crippen LogP contribution is -2.63. The predicted molar refractivity (Wildman–Crippen MR) is 156 cm³/mol. The topological polar surface area (TPSA) is 15.7 Å². The van der Waals surface area contributed by atoms with E-state index < -0.39 is 5.60 Å². The van der Waals surface area contributed by atoms with Crippen LogP contribution in [0, 0.1) is 0 Å². The number of fused-ring (bicyclic) bond motifs is 10. The van der Waals surface area contributed by atoms with Gasteiger partial charge in [0.15, 0.2) is 5.60 Å². The van der Waals surface area contributed by atoms with Crippen LogP contribution in [-0.4, -0.2) is 6.71 Å². The second-order valence-electron chi connectivity index (χ2n) is 11.2. The van der Waals surface area contributed by atoms with E-state index in [1.54, 1.807) is 0 Å². The fourth-order valence-electron chi connectivity index (χ4n) is 7.81. The zero-order chi connectivity index (χ0) is 25.2. The van der Waals surface area contributed by atoms with Crippen LogP contribution in [0.1, 0.15) is 25.0 Å². The summed E-state index contributed by atoms with van der Waals surface area (Å²) in [5.41, 5.74) is 12.0. The van der Waals surface area contributed by atoms with Gasteiger partial charge in [0.2, 0.25) is 0 Å². The first-order chi connectivity index (χ1) is 18.6. The Bertz CT molecular complexity index is 1820. The van der Waals surface area contributed by atoms with Crippen molar-refractivity contribution in [3.8, 4) is 5.75 Å². The van der Waals surface area contributed by atoms with Crippen molar-refractivity contribution >= 4 is 51.5 Å². The van der Waals surface area contributed by atoms with Crippen LogP contribution in [-0.2, 0) is 11.1 Å². The maximum atomic E-state index is 6.93. The minimum atomic E-state index is -0.516. The average Bonchev–Trinajstić information content (AvgIpc) is 3.32. The quantitative estimate of drug-likeness (QED) is 0.265. The van der Waals surface area contributed by atoms with E-state index in [4.69, 9.17) is 4.74 Å². The summed E-state index contributed by atoms with van der Waals surface area (Å²) in [6, 6.07) is 41.9. The molecule has 4 aliphatic heterocycles. The number of anilines is 5. The Morgan fingerprint density at radius 2 is 1.26 bits per heavy atom. The van der Waals surface area contributed by atoms with Gasteiger partial charge >= 0.3 is 0 Å². The van der Waals surface area contributed by atoms with Gasteiger partial charge in [-0.05, 0) is 66.6 Å². The Morgan fingerprint density at radius 3 is 2.08 bits per heavy atom. The van der Waals surface area contributed by atoms with Gasteiger partial charge in [-0.3, -0.25) is 0 Å². The molecule has 5 aromatic carbocycles. The molecule has 4 heteroatoms. The Balaban J connectivity index is 1.43. The van der Waals surface area contributed by atoms with Crippen LogP contribution in [0.25, 0.3) is 0 Å². The van der Waals surface area contributed by atoms with Crippen LogP contribution < -0.4 is 30.9 Å². The molecule has 180 valence electrons. The van der Waals surface area contributed by atoms with Crippen LogP contribution in [0.2, 0.25) is 0 Å². The molecule has 2 unspecified atom stereocenters. The Labute approximate surface area is 223 Å². The van der Waals surface area contributed by atoms with Crippen molar-refractivity contribution in [2.75, 3.05) is 9.80 Å². The number of hydrogen-bond donors (Lipinski definition) is 0. The molecule has 0 saturated heterocycles. The third-order valence-corrected chi connectivity index (χ3v) is 9.55. The summed E-state index contributed by atoms with van der Waals surface area (Å²) >= 11 is 0. The molecule has 4 heterocycles. The van der Waals surface area contributed by atoms with Crippen LogP contribution in [0.4, 0.5) is 28.4 Å². The summed E-state index contributed by atoms with van der Waals surface area (Å²) in [7, 11) is 0. The van der Waals surface area contributed by atoms with Gasteiger partial charge in [-0.25, -0.2) is 0 Å². The third kappa shape index (κ3) is 2.13. The highest BCUT2D eigenvalue weighted by Crippen LogP contribution is 2.65. The van der Waals surface area contributed by atoms with Crippen LogP contribution in [0.3, 0.4) is 0 Å². The maximum Gasteiger partial charge on any atom is 0.252 e. The molecule has 0 saturated carbocycles. The molecule has 0 aliphatic carbocycles. The van der Waals surface area contributed by atoms with Crippen molar-refractivity contribution < 1.29 is 4.74 Å². The van der Waals surface area contributed by atoms with E-state index in [2.05, 4.69) is 139 Å². The Hall–Kier alpha value is -4.44. The average molecular weight is 488 g/mol. The molecule has 5 aromatic rings. The second-order valence-corrected chi connectivity index (χ2v) is 11.2. The van der Waals surface area contributed by atoms with E-state index in [1.165, 1.54) is 56.0 Å².